The molecule has 2 aromatic carbocycles. The molecule has 2 saturated carbocycles. The number of hydrogen-bond donors (Lipinski definition) is 0. The highest BCUT2D eigenvalue weighted by Crippen LogP contribution is 2.80. The van der Waals surface area contributed by atoms with E-state index in [1.165, 1.54) is 11.1 Å². The van der Waals surface area contributed by atoms with E-state index in [-0.39, 0.29) is 23.4 Å². The zero-order valence-electron chi connectivity index (χ0n) is 17.7. The molecule has 0 radical (unpaired) electrons. The summed E-state index contributed by atoms with van der Waals surface area (Å²) in [6.07, 6.45) is 1.70. The molecule has 4 atom stereocenters. The van der Waals surface area contributed by atoms with Gasteiger partial charge in [0, 0.05) is 11.3 Å². The highest BCUT2D eigenvalue weighted by Gasteiger charge is 2.87. The Morgan fingerprint density at radius 1 is 0.759 bits per heavy atom. The predicted octanol–water partition coefficient (Wildman–Crippen LogP) is 5.51. The fraction of sp³-hybridized carbons (Fsp3) is 0.407. The molecule has 0 saturated heterocycles. The lowest BCUT2D eigenvalue weighted by Gasteiger charge is -2.52. The highest BCUT2D eigenvalue weighted by molar-refractivity contribution is 6.16. The zero-order valence-corrected chi connectivity index (χ0v) is 17.7. The van der Waals surface area contributed by atoms with Crippen molar-refractivity contribution in [3.63, 3.8) is 0 Å². The molecule has 0 N–H and O–H groups in total. The van der Waals surface area contributed by atoms with Crippen LogP contribution < -0.4 is 0 Å². The number of fused-ring (bicyclic) bond motifs is 2. The van der Waals surface area contributed by atoms with E-state index < -0.39 is 16.2 Å². The van der Waals surface area contributed by atoms with Gasteiger partial charge in [0.2, 0.25) is 0 Å². The van der Waals surface area contributed by atoms with Crippen LogP contribution in [0.1, 0.15) is 51.7 Å². The number of rotatable bonds is 4. The van der Waals surface area contributed by atoms with Crippen molar-refractivity contribution in [3.05, 3.63) is 82.9 Å². The molecule has 0 bridgehead atoms. The molecule has 29 heavy (non-hydrogen) atoms. The average Bonchev–Trinajstić information content (AvgIpc) is 3.34. The predicted molar refractivity (Wildman–Crippen MR) is 114 cm³/mol. The molecule has 0 aliphatic heterocycles. The van der Waals surface area contributed by atoms with E-state index >= 15 is 0 Å². The Kier molecular flexibility index (Phi) is 3.70. The van der Waals surface area contributed by atoms with Crippen molar-refractivity contribution in [2.45, 2.75) is 46.0 Å². The Hall–Kier alpha value is -2.48. The van der Waals surface area contributed by atoms with Crippen molar-refractivity contribution in [3.8, 4) is 0 Å². The molecule has 5 rings (SSSR count). The maximum atomic E-state index is 14.1. The number of allylic oxidation sites excluding steroid dienone is 2. The number of benzene rings is 2. The molecule has 2 nitrogen and oxygen atoms in total. The van der Waals surface area contributed by atoms with Gasteiger partial charge < -0.3 is 0 Å². The average molecular weight is 385 g/mol. The maximum Gasteiger partial charge on any atom is 0.149 e. The number of carbonyl (C=O) groups excluding carboxylic acids is 2. The second-order valence-electron chi connectivity index (χ2n) is 9.25. The van der Waals surface area contributed by atoms with Gasteiger partial charge >= 0.3 is 0 Å². The molecule has 2 heteroatoms. The Morgan fingerprint density at radius 2 is 1.28 bits per heavy atom. The van der Waals surface area contributed by atoms with Crippen molar-refractivity contribution in [1.82, 2.24) is 0 Å². The van der Waals surface area contributed by atoms with Gasteiger partial charge in [-0.1, -0.05) is 92.6 Å². The molecule has 0 amide bonds. The maximum absolute atomic E-state index is 14.1. The fourth-order valence-corrected chi connectivity index (χ4v) is 7.19. The minimum absolute atomic E-state index is 0.245. The summed E-state index contributed by atoms with van der Waals surface area (Å²) < 4.78 is 0. The van der Waals surface area contributed by atoms with E-state index in [1.54, 1.807) is 0 Å². The third kappa shape index (κ3) is 1.80. The van der Waals surface area contributed by atoms with Crippen LogP contribution in [0, 0.1) is 22.7 Å². The van der Waals surface area contributed by atoms with Crippen molar-refractivity contribution in [2.75, 3.05) is 0 Å². The summed E-state index contributed by atoms with van der Waals surface area (Å²) in [6.45, 7) is 8.32. The molecule has 2 aromatic rings. The van der Waals surface area contributed by atoms with Crippen LogP contribution in [0.25, 0.3) is 0 Å². The van der Waals surface area contributed by atoms with Gasteiger partial charge in [-0.3, -0.25) is 9.59 Å². The summed E-state index contributed by atoms with van der Waals surface area (Å²) in [5.41, 5.74) is 2.73. The smallest absolute Gasteiger partial charge is 0.149 e. The van der Waals surface area contributed by atoms with Crippen LogP contribution in [0.2, 0.25) is 0 Å². The summed E-state index contributed by atoms with van der Waals surface area (Å²) in [7, 11) is 0. The van der Waals surface area contributed by atoms with Crippen LogP contribution >= 0.6 is 0 Å². The van der Waals surface area contributed by atoms with E-state index in [2.05, 4.69) is 45.0 Å². The van der Waals surface area contributed by atoms with Gasteiger partial charge in [-0.2, -0.15) is 0 Å². The minimum atomic E-state index is -0.684. The van der Waals surface area contributed by atoms with Gasteiger partial charge in [-0.15, -0.1) is 0 Å². The molecule has 0 spiro atoms. The highest BCUT2D eigenvalue weighted by atomic mass is 16.2. The lowest BCUT2D eigenvalue weighted by Crippen LogP contribution is -2.57. The quantitative estimate of drug-likeness (QED) is 0.651. The minimum Gasteiger partial charge on any atom is -0.298 e. The van der Waals surface area contributed by atoms with Crippen molar-refractivity contribution >= 4 is 11.6 Å². The van der Waals surface area contributed by atoms with Crippen molar-refractivity contribution in [2.24, 2.45) is 22.7 Å². The van der Waals surface area contributed by atoms with Crippen LogP contribution in [0.15, 0.2) is 71.8 Å². The van der Waals surface area contributed by atoms with E-state index in [4.69, 9.17) is 0 Å². The number of Topliss-reactive ketones (excluding diaryl/α,β-unsaturated/α-hetero) is 2. The molecule has 3 aliphatic rings. The molecule has 0 aromatic heterocycles. The number of ketones is 2. The summed E-state index contributed by atoms with van der Waals surface area (Å²) in [5.74, 6) is -0.00304. The molecule has 148 valence electrons. The molecular formula is C27H28O2. The monoisotopic (exact) mass is 384 g/mol. The first-order chi connectivity index (χ1) is 13.9. The van der Waals surface area contributed by atoms with Crippen LogP contribution in [0.3, 0.4) is 0 Å². The van der Waals surface area contributed by atoms with Crippen LogP contribution in [-0.4, -0.2) is 11.6 Å². The summed E-state index contributed by atoms with van der Waals surface area (Å²) >= 11 is 0. The second-order valence-corrected chi connectivity index (χ2v) is 9.25. The molecule has 3 aliphatic carbocycles. The molecule has 2 fully saturated rings. The van der Waals surface area contributed by atoms with Gasteiger partial charge in [0.25, 0.3) is 0 Å². The van der Waals surface area contributed by atoms with E-state index in [0.29, 0.717) is 0 Å². The van der Waals surface area contributed by atoms with Crippen LogP contribution in [0.5, 0.6) is 0 Å². The first kappa shape index (κ1) is 18.5. The topological polar surface area (TPSA) is 34.1 Å². The van der Waals surface area contributed by atoms with Crippen LogP contribution in [-0.2, 0) is 15.0 Å². The van der Waals surface area contributed by atoms with E-state index in [1.807, 2.05) is 43.3 Å². The van der Waals surface area contributed by atoms with Gasteiger partial charge in [0.05, 0.1) is 16.7 Å². The summed E-state index contributed by atoms with van der Waals surface area (Å²) in [5, 5.41) is 0. The van der Waals surface area contributed by atoms with Gasteiger partial charge in [0.1, 0.15) is 11.6 Å². The van der Waals surface area contributed by atoms with Crippen molar-refractivity contribution < 1.29 is 9.59 Å². The Bertz CT molecular complexity index is 1010. The SMILES string of the molecule is CCC1=C(CC)[C@]2(C)C(=O)[C@H]3C(c4ccccc4)(c4ccccc4)[C@@]3(C)C(=O)[C@H]12. The standard InChI is InChI=1S/C27H28O2/c1-5-19-20(6-2)25(3)21(19)23(28)26(4)22(24(25)29)27(26,17-13-9-7-10-14-17)18-15-11-8-12-16-18/h7-16,21-22H,5-6H2,1-4H3/t21-,22+,25-,26+/m0/s1. The Morgan fingerprint density at radius 3 is 1.72 bits per heavy atom. The first-order valence-electron chi connectivity index (χ1n) is 10.8. The third-order valence-corrected chi connectivity index (χ3v) is 8.43. The summed E-state index contributed by atoms with van der Waals surface area (Å²) in [6, 6.07) is 20.4. The lowest BCUT2D eigenvalue weighted by atomic mass is 9.48. The molecular weight excluding hydrogens is 356 g/mol. The van der Waals surface area contributed by atoms with E-state index in [9.17, 15) is 9.59 Å². The zero-order chi connectivity index (χ0) is 20.6. The Balaban J connectivity index is 1.77. The van der Waals surface area contributed by atoms with Crippen molar-refractivity contribution in [1.29, 1.82) is 0 Å². The summed E-state index contributed by atoms with van der Waals surface area (Å²) in [4.78, 5) is 28.2. The van der Waals surface area contributed by atoms with Gasteiger partial charge in [-0.25, -0.2) is 0 Å². The van der Waals surface area contributed by atoms with Gasteiger partial charge in [0.15, 0.2) is 0 Å². The van der Waals surface area contributed by atoms with Crippen LogP contribution in [0.4, 0.5) is 0 Å². The molecule has 0 heterocycles. The van der Waals surface area contributed by atoms with Gasteiger partial charge in [-0.05, 0) is 30.9 Å². The second kappa shape index (κ2) is 5.78. The largest absolute Gasteiger partial charge is 0.298 e. The first-order valence-corrected chi connectivity index (χ1v) is 10.8. The number of carbonyl (C=O) groups is 2. The van der Waals surface area contributed by atoms with E-state index in [0.717, 1.165) is 24.0 Å². The lowest BCUT2D eigenvalue weighted by molar-refractivity contribution is -0.147. The fourth-order valence-electron chi connectivity index (χ4n) is 7.19. The third-order valence-electron chi connectivity index (χ3n) is 8.43. The normalized spacial score (nSPS) is 34.3. The number of hydrogen-bond acceptors (Lipinski definition) is 2. The molecule has 0 unspecified atom stereocenters. The Labute approximate surface area is 173 Å².